The summed E-state index contributed by atoms with van der Waals surface area (Å²) in [5.41, 5.74) is 3.07. The predicted octanol–water partition coefficient (Wildman–Crippen LogP) is 2.80. The van der Waals surface area contributed by atoms with Crippen molar-refractivity contribution in [3.8, 4) is 0 Å². The van der Waals surface area contributed by atoms with Gasteiger partial charge in [-0.3, -0.25) is 4.99 Å². The molecule has 7 heteroatoms. The van der Waals surface area contributed by atoms with Crippen LogP contribution in [0, 0.1) is 13.8 Å². The van der Waals surface area contributed by atoms with Crippen LogP contribution in [0.15, 0.2) is 58.4 Å². The molecule has 30 heavy (non-hydrogen) atoms. The maximum Gasteiger partial charge on any atom is 0.191 e. The van der Waals surface area contributed by atoms with Crippen LogP contribution in [0.5, 0.6) is 0 Å². The molecule has 0 aliphatic heterocycles. The molecule has 2 rings (SSSR count). The van der Waals surface area contributed by atoms with Gasteiger partial charge in [-0.15, -0.1) is 0 Å². The highest BCUT2D eigenvalue weighted by molar-refractivity contribution is 7.91. The predicted molar refractivity (Wildman–Crippen MR) is 123 cm³/mol. The first-order chi connectivity index (χ1) is 14.3. The lowest BCUT2D eigenvalue weighted by atomic mass is 10.0. The molecule has 2 aromatic rings. The van der Waals surface area contributed by atoms with Gasteiger partial charge in [-0.25, -0.2) is 8.42 Å². The molecule has 3 N–H and O–H groups in total. The Labute approximate surface area is 180 Å². The zero-order valence-corrected chi connectivity index (χ0v) is 19.0. The van der Waals surface area contributed by atoms with E-state index >= 15 is 0 Å². The summed E-state index contributed by atoms with van der Waals surface area (Å²) in [6, 6.07) is 14.7. The lowest BCUT2D eigenvalue weighted by Gasteiger charge is -2.22. The standard InChI is InChI=1S/C23H33N3O3S/c1-5-21(16-30(28,29)22-12-11-17(2)18(3)13-22)26-23(24-4)25-14-20(15-27)19-9-7-6-8-10-19/h6-13,20-21,27H,5,14-16H2,1-4H3,(H2,24,25,26). The minimum Gasteiger partial charge on any atom is -0.396 e. The van der Waals surface area contributed by atoms with E-state index in [0.29, 0.717) is 23.8 Å². The number of rotatable bonds is 9. The first-order valence-electron chi connectivity index (χ1n) is 10.2. The van der Waals surface area contributed by atoms with Crippen molar-refractivity contribution in [3.63, 3.8) is 0 Å². The molecule has 0 bridgehead atoms. The number of aliphatic hydroxyl groups is 1. The zero-order chi connectivity index (χ0) is 22.1. The first kappa shape index (κ1) is 23.9. The molecule has 0 saturated heterocycles. The van der Waals surface area contributed by atoms with E-state index < -0.39 is 9.84 Å². The summed E-state index contributed by atoms with van der Waals surface area (Å²) < 4.78 is 25.8. The molecule has 0 aromatic heterocycles. The Balaban J connectivity index is 2.02. The second-order valence-electron chi connectivity index (χ2n) is 7.52. The smallest absolute Gasteiger partial charge is 0.191 e. The molecule has 6 nitrogen and oxygen atoms in total. The van der Waals surface area contributed by atoms with E-state index in [9.17, 15) is 13.5 Å². The zero-order valence-electron chi connectivity index (χ0n) is 18.2. The van der Waals surface area contributed by atoms with Crippen molar-refractivity contribution >= 4 is 15.8 Å². The summed E-state index contributed by atoms with van der Waals surface area (Å²) in [7, 11) is -1.78. The van der Waals surface area contributed by atoms with Crippen molar-refractivity contribution in [3.05, 3.63) is 65.2 Å². The van der Waals surface area contributed by atoms with Gasteiger partial charge in [0.05, 0.1) is 17.3 Å². The van der Waals surface area contributed by atoms with Crippen molar-refractivity contribution in [2.75, 3.05) is 26.0 Å². The van der Waals surface area contributed by atoms with Gasteiger partial charge < -0.3 is 15.7 Å². The lowest BCUT2D eigenvalue weighted by molar-refractivity contribution is 0.265. The van der Waals surface area contributed by atoms with Crippen LogP contribution in [0.2, 0.25) is 0 Å². The van der Waals surface area contributed by atoms with Crippen LogP contribution < -0.4 is 10.6 Å². The highest BCUT2D eigenvalue weighted by Crippen LogP contribution is 2.17. The summed E-state index contributed by atoms with van der Waals surface area (Å²) in [6.07, 6.45) is 0.632. The quantitative estimate of drug-likeness (QED) is 0.420. The number of aliphatic imine (C=N–C) groups is 1. The minimum atomic E-state index is -3.43. The molecule has 0 amide bonds. The summed E-state index contributed by atoms with van der Waals surface area (Å²) in [4.78, 5) is 4.57. The summed E-state index contributed by atoms with van der Waals surface area (Å²) in [6.45, 7) is 6.32. The third kappa shape index (κ3) is 6.57. The van der Waals surface area contributed by atoms with E-state index in [1.54, 1.807) is 19.2 Å². The maximum absolute atomic E-state index is 12.9. The third-order valence-electron chi connectivity index (χ3n) is 5.32. The minimum absolute atomic E-state index is 0.00632. The normalized spacial score (nSPS) is 14.2. The number of sulfone groups is 1. The molecule has 0 radical (unpaired) electrons. The molecule has 164 valence electrons. The molecule has 2 atom stereocenters. The number of hydrogen-bond donors (Lipinski definition) is 3. The number of nitrogens with zero attached hydrogens (tertiary/aromatic N) is 1. The van der Waals surface area contributed by atoms with Crippen LogP contribution >= 0.6 is 0 Å². The number of aryl methyl sites for hydroxylation is 2. The van der Waals surface area contributed by atoms with Gasteiger partial charge in [-0.1, -0.05) is 43.3 Å². The van der Waals surface area contributed by atoms with Gasteiger partial charge in [-0.05, 0) is 49.1 Å². The van der Waals surface area contributed by atoms with Gasteiger partial charge in [0, 0.05) is 25.6 Å². The summed E-state index contributed by atoms with van der Waals surface area (Å²) in [5, 5.41) is 16.2. The van der Waals surface area contributed by atoms with Gasteiger partial charge in [0.1, 0.15) is 0 Å². The van der Waals surface area contributed by atoms with E-state index in [1.807, 2.05) is 57.2 Å². The van der Waals surface area contributed by atoms with Crippen LogP contribution in [-0.2, 0) is 9.84 Å². The monoisotopic (exact) mass is 431 g/mol. The van der Waals surface area contributed by atoms with E-state index in [1.165, 1.54) is 0 Å². The third-order valence-corrected chi connectivity index (χ3v) is 7.14. The number of aliphatic hydroxyl groups excluding tert-OH is 1. The SMILES string of the molecule is CCC(CS(=O)(=O)c1ccc(C)c(C)c1)NC(=NC)NCC(CO)c1ccccc1. The second kappa shape index (κ2) is 11.1. The molecule has 2 unspecified atom stereocenters. The molecule has 0 spiro atoms. The Hall–Kier alpha value is -2.38. The average Bonchev–Trinajstić information content (AvgIpc) is 2.75. The number of benzene rings is 2. The van der Waals surface area contributed by atoms with Gasteiger partial charge in [0.15, 0.2) is 15.8 Å². The van der Waals surface area contributed by atoms with Crippen LogP contribution in [0.25, 0.3) is 0 Å². The molecule has 0 aliphatic carbocycles. The highest BCUT2D eigenvalue weighted by atomic mass is 32.2. The average molecular weight is 432 g/mol. The molecule has 0 fully saturated rings. The van der Waals surface area contributed by atoms with Crippen molar-refractivity contribution in [2.24, 2.45) is 4.99 Å². The summed E-state index contributed by atoms with van der Waals surface area (Å²) in [5.74, 6) is 0.421. The van der Waals surface area contributed by atoms with Crippen molar-refractivity contribution in [2.45, 2.75) is 44.0 Å². The fourth-order valence-electron chi connectivity index (χ4n) is 3.15. The Morgan fingerprint density at radius 3 is 2.37 bits per heavy atom. The van der Waals surface area contributed by atoms with Crippen LogP contribution in [-0.4, -0.2) is 51.5 Å². The van der Waals surface area contributed by atoms with Gasteiger partial charge in [0.2, 0.25) is 0 Å². The number of hydrogen-bond acceptors (Lipinski definition) is 4. The number of nitrogens with one attached hydrogen (secondary N) is 2. The van der Waals surface area contributed by atoms with Crippen LogP contribution in [0.4, 0.5) is 0 Å². The van der Waals surface area contributed by atoms with Crippen molar-refractivity contribution in [1.29, 1.82) is 0 Å². The van der Waals surface area contributed by atoms with Crippen LogP contribution in [0.1, 0.15) is 36.0 Å². The first-order valence-corrected chi connectivity index (χ1v) is 11.9. The van der Waals surface area contributed by atoms with E-state index in [2.05, 4.69) is 15.6 Å². The van der Waals surface area contributed by atoms with E-state index in [-0.39, 0.29) is 24.3 Å². The van der Waals surface area contributed by atoms with E-state index in [4.69, 9.17) is 0 Å². The van der Waals surface area contributed by atoms with Crippen LogP contribution in [0.3, 0.4) is 0 Å². The fourth-order valence-corrected chi connectivity index (χ4v) is 4.82. The molecule has 0 heterocycles. The molecular formula is C23H33N3O3S. The summed E-state index contributed by atoms with van der Waals surface area (Å²) >= 11 is 0. The van der Waals surface area contributed by atoms with Crippen molar-refractivity contribution < 1.29 is 13.5 Å². The Morgan fingerprint density at radius 2 is 1.80 bits per heavy atom. The van der Waals surface area contributed by atoms with E-state index in [0.717, 1.165) is 16.7 Å². The number of guanidine groups is 1. The molecule has 0 aliphatic rings. The van der Waals surface area contributed by atoms with Gasteiger partial charge >= 0.3 is 0 Å². The second-order valence-corrected chi connectivity index (χ2v) is 9.55. The molecule has 2 aromatic carbocycles. The van der Waals surface area contributed by atoms with Gasteiger partial charge in [-0.2, -0.15) is 0 Å². The molecule has 0 saturated carbocycles. The fraction of sp³-hybridized carbons (Fsp3) is 0.435. The Bertz CT molecular complexity index is 943. The highest BCUT2D eigenvalue weighted by Gasteiger charge is 2.22. The maximum atomic E-state index is 12.9. The van der Waals surface area contributed by atoms with Gasteiger partial charge in [0.25, 0.3) is 0 Å². The Kier molecular flexibility index (Phi) is 8.87. The van der Waals surface area contributed by atoms with Crippen molar-refractivity contribution in [1.82, 2.24) is 10.6 Å². The Morgan fingerprint density at radius 1 is 1.10 bits per heavy atom. The largest absolute Gasteiger partial charge is 0.396 e. The molecular weight excluding hydrogens is 398 g/mol. The topological polar surface area (TPSA) is 90.8 Å². The lowest BCUT2D eigenvalue weighted by Crippen LogP contribution is -2.47.